The van der Waals surface area contributed by atoms with Gasteiger partial charge >= 0.3 is 12.2 Å². The molecular weight excluding hydrogens is 632 g/mol. The van der Waals surface area contributed by atoms with E-state index in [0.29, 0.717) is 0 Å². The molecule has 0 radical (unpaired) electrons. The minimum atomic E-state index is -0.583. The van der Waals surface area contributed by atoms with Gasteiger partial charge < -0.3 is 19.4 Å². The van der Waals surface area contributed by atoms with Crippen LogP contribution in [0.5, 0.6) is 0 Å². The molecule has 2 aliphatic heterocycles. The predicted molar refractivity (Wildman–Crippen MR) is 190 cm³/mol. The number of rotatable bonds is 4. The number of hydrogen-bond acceptors (Lipinski definition) is 8. The van der Waals surface area contributed by atoms with E-state index in [1.165, 1.54) is 0 Å². The largest absolute Gasteiger partial charge is 0.443 e. The first kappa shape index (κ1) is 34.7. The van der Waals surface area contributed by atoms with Crippen LogP contribution in [0.2, 0.25) is 0 Å². The Morgan fingerprint density at radius 2 is 1.02 bits per heavy atom. The average Bonchev–Trinajstić information content (AvgIpc) is 3.85. The van der Waals surface area contributed by atoms with Gasteiger partial charge in [-0.15, -0.1) is 0 Å². The van der Waals surface area contributed by atoms with Crippen molar-refractivity contribution in [2.75, 3.05) is 27.2 Å². The maximum atomic E-state index is 12.9. The molecule has 2 aromatic carbocycles. The number of amides is 2. The topological polar surface area (TPSA) is 123 Å². The first-order chi connectivity index (χ1) is 23.6. The Morgan fingerprint density at radius 3 is 1.36 bits per heavy atom. The van der Waals surface area contributed by atoms with Crippen molar-refractivity contribution >= 4 is 12.2 Å². The van der Waals surface area contributed by atoms with Gasteiger partial charge in [-0.3, -0.25) is 0 Å². The number of ether oxygens (including phenoxy) is 2. The molecule has 2 atom stereocenters. The lowest BCUT2D eigenvalue weighted by Crippen LogP contribution is -2.43. The van der Waals surface area contributed by atoms with E-state index in [1.54, 1.807) is 22.4 Å². The second-order valence-corrected chi connectivity index (χ2v) is 14.8. The molecule has 0 saturated carbocycles. The smallest absolute Gasteiger partial charge is 0.425 e. The van der Waals surface area contributed by atoms with Crippen LogP contribution in [0.25, 0.3) is 22.5 Å². The molecule has 4 aromatic rings. The van der Waals surface area contributed by atoms with Gasteiger partial charge in [0.25, 0.3) is 0 Å². The van der Waals surface area contributed by atoms with Crippen molar-refractivity contribution in [1.29, 1.82) is 0 Å². The molecule has 2 aliphatic rings. The monoisotopic (exact) mass is 678 g/mol. The number of benzene rings is 2. The average molecular weight is 679 g/mol. The van der Waals surface area contributed by atoms with Crippen molar-refractivity contribution in [3.63, 3.8) is 0 Å². The van der Waals surface area contributed by atoms with E-state index >= 15 is 0 Å². The van der Waals surface area contributed by atoms with Crippen LogP contribution < -0.4 is 0 Å². The molecule has 0 bridgehead atoms. The van der Waals surface area contributed by atoms with E-state index in [9.17, 15) is 9.59 Å². The number of carbonyl (C=O) groups excluding carboxylic acids is 2. The van der Waals surface area contributed by atoms with Crippen molar-refractivity contribution in [2.24, 2.45) is 0 Å². The van der Waals surface area contributed by atoms with Crippen LogP contribution in [0.3, 0.4) is 0 Å². The summed E-state index contributed by atoms with van der Waals surface area (Å²) in [5, 5.41) is 7.05. The lowest BCUT2D eigenvalue weighted by molar-refractivity contribution is -0.0325. The molecule has 0 spiro atoms. The number of imidazole rings is 2. The Balaban J connectivity index is 1.09. The number of aromatic amines is 2. The number of carbonyl (C=O) groups is 2. The van der Waals surface area contributed by atoms with Crippen LogP contribution in [0.4, 0.5) is 9.59 Å². The molecule has 2 aromatic heterocycles. The highest BCUT2D eigenvalue weighted by molar-refractivity contribution is 5.69. The van der Waals surface area contributed by atoms with Crippen molar-refractivity contribution in [3.8, 4) is 34.4 Å². The zero-order valence-electron chi connectivity index (χ0n) is 30.1. The third kappa shape index (κ3) is 7.85. The molecule has 4 heterocycles. The summed E-state index contributed by atoms with van der Waals surface area (Å²) in [5.74, 6) is 7.96. The quantitative estimate of drug-likeness (QED) is 0.223. The summed E-state index contributed by atoms with van der Waals surface area (Å²) in [6, 6.07) is 15.6. The summed E-state index contributed by atoms with van der Waals surface area (Å²) in [6.45, 7) is 12.6. The zero-order valence-corrected chi connectivity index (χ0v) is 30.1. The van der Waals surface area contributed by atoms with Crippen LogP contribution in [-0.4, -0.2) is 90.5 Å². The van der Waals surface area contributed by atoms with Gasteiger partial charge in [0.1, 0.15) is 34.9 Å². The first-order valence-electron chi connectivity index (χ1n) is 16.9. The fourth-order valence-corrected chi connectivity index (χ4v) is 6.13. The maximum Gasteiger partial charge on any atom is 0.425 e. The number of nitrogens with zero attached hydrogens (tertiary/aromatic N) is 6. The van der Waals surface area contributed by atoms with Gasteiger partial charge in [-0.1, -0.05) is 36.1 Å². The summed E-state index contributed by atoms with van der Waals surface area (Å²) in [4.78, 5) is 41.9. The van der Waals surface area contributed by atoms with Crippen LogP contribution in [0.15, 0.2) is 60.9 Å². The summed E-state index contributed by atoms with van der Waals surface area (Å²) < 4.78 is 11.3. The van der Waals surface area contributed by atoms with E-state index in [4.69, 9.17) is 9.47 Å². The Labute approximate surface area is 293 Å². The maximum absolute atomic E-state index is 12.9. The lowest BCUT2D eigenvalue weighted by atomic mass is 10.1. The van der Waals surface area contributed by atoms with Crippen molar-refractivity contribution < 1.29 is 19.1 Å². The highest BCUT2D eigenvalue weighted by atomic mass is 16.6. The van der Waals surface area contributed by atoms with Crippen molar-refractivity contribution in [1.82, 2.24) is 40.0 Å². The molecule has 2 fully saturated rings. The standard InChI is InChI=1S/C38H46N8O4/c1-37(2,3)49-35(47)45-31(19-21-43(45)7)33-39-23-29(41-33)27-15-11-25(12-16-27)9-10-26-13-17-28(18-14-26)30-24-40-34(42-30)32-20-22-44(8)46(32)36(48)50-38(4,5)6/h11-18,23-24,31-32H,19-22H2,1-8H3,(H,39,41)(H,40,42)/t31-,32-/m0/s1. The van der Waals surface area contributed by atoms with Gasteiger partial charge in [-0.2, -0.15) is 0 Å². The number of H-pyrrole nitrogens is 2. The van der Waals surface area contributed by atoms with Crippen LogP contribution >= 0.6 is 0 Å². The van der Waals surface area contributed by atoms with Crippen LogP contribution in [0, 0.1) is 11.8 Å². The molecule has 0 aliphatic carbocycles. The van der Waals surface area contributed by atoms with Gasteiger partial charge in [0.05, 0.1) is 23.8 Å². The van der Waals surface area contributed by atoms with E-state index in [2.05, 4.69) is 31.8 Å². The normalized spacial score (nSPS) is 18.6. The molecule has 2 amide bonds. The summed E-state index contributed by atoms with van der Waals surface area (Å²) in [6.07, 6.45) is 4.36. The SMILES string of the molecule is CN1CC[C@@H](c2ncc(-c3ccc(C#Cc4ccc(-c5cnc([C@@H]6CCN(C)N6C(=O)OC(C)(C)C)[nH]5)cc4)cc3)[nH]2)N1C(=O)OC(C)(C)C. The molecule has 50 heavy (non-hydrogen) atoms. The minimum Gasteiger partial charge on any atom is -0.443 e. The summed E-state index contributed by atoms with van der Waals surface area (Å²) in [7, 11) is 3.77. The van der Waals surface area contributed by atoms with E-state index in [0.717, 1.165) is 71.2 Å². The lowest BCUT2D eigenvalue weighted by Gasteiger charge is -2.31. The van der Waals surface area contributed by atoms with Crippen molar-refractivity contribution in [2.45, 2.75) is 77.7 Å². The molecule has 2 saturated heterocycles. The highest BCUT2D eigenvalue weighted by Crippen LogP contribution is 2.34. The Bertz CT molecular complexity index is 1750. The number of aromatic nitrogens is 4. The number of hydrogen-bond donors (Lipinski definition) is 2. The number of nitrogens with one attached hydrogen (secondary N) is 2. The minimum absolute atomic E-state index is 0.223. The van der Waals surface area contributed by atoms with Gasteiger partial charge in [0.15, 0.2) is 0 Å². The number of hydrazine groups is 2. The predicted octanol–water partition coefficient (Wildman–Crippen LogP) is 6.92. The Morgan fingerprint density at radius 1 is 0.660 bits per heavy atom. The Kier molecular flexibility index (Phi) is 9.48. The van der Waals surface area contributed by atoms with E-state index in [1.807, 2.05) is 114 Å². The van der Waals surface area contributed by atoms with Crippen LogP contribution in [-0.2, 0) is 9.47 Å². The third-order valence-corrected chi connectivity index (χ3v) is 8.50. The molecule has 0 unspecified atom stereocenters. The Hall–Kier alpha value is -5.12. The van der Waals surface area contributed by atoms with E-state index in [-0.39, 0.29) is 24.3 Å². The fourth-order valence-electron chi connectivity index (χ4n) is 6.13. The third-order valence-electron chi connectivity index (χ3n) is 8.50. The summed E-state index contributed by atoms with van der Waals surface area (Å²) in [5.41, 5.74) is 4.31. The zero-order chi connectivity index (χ0) is 35.8. The second kappa shape index (κ2) is 13.7. The highest BCUT2D eigenvalue weighted by Gasteiger charge is 2.40. The molecule has 12 heteroatoms. The van der Waals surface area contributed by atoms with Gasteiger partial charge in [0.2, 0.25) is 0 Å². The molecule has 2 N–H and O–H groups in total. The van der Waals surface area contributed by atoms with Crippen LogP contribution in [0.1, 0.15) is 89.2 Å². The van der Waals surface area contributed by atoms with Crippen molar-refractivity contribution in [3.05, 3.63) is 83.7 Å². The first-order valence-corrected chi connectivity index (χ1v) is 16.9. The van der Waals surface area contributed by atoms with Gasteiger partial charge in [0, 0.05) is 38.3 Å². The molecule has 12 nitrogen and oxygen atoms in total. The van der Waals surface area contributed by atoms with Gasteiger partial charge in [-0.05, 0) is 89.8 Å². The fraction of sp³-hybridized carbons (Fsp3) is 0.421. The van der Waals surface area contributed by atoms with E-state index < -0.39 is 11.2 Å². The second-order valence-electron chi connectivity index (χ2n) is 14.8. The van der Waals surface area contributed by atoms with Gasteiger partial charge in [-0.25, -0.2) is 39.6 Å². The molecule has 6 rings (SSSR count). The molecule has 262 valence electrons. The summed E-state index contributed by atoms with van der Waals surface area (Å²) >= 11 is 0. The molecular formula is C38H46N8O4.